The maximum Gasteiger partial charge on any atom is 0.420 e. The van der Waals surface area contributed by atoms with Crippen molar-refractivity contribution in [2.45, 2.75) is 65.0 Å². The Bertz CT molecular complexity index is 1300. The summed E-state index contributed by atoms with van der Waals surface area (Å²) >= 11 is 9.94. The first-order valence-electron chi connectivity index (χ1n) is 11.6. The molecule has 0 unspecified atom stereocenters. The number of carbonyl (C=O) groups excluding carboxylic acids is 1. The number of benzene rings is 1. The molecule has 7 nitrogen and oxygen atoms in total. The molecule has 2 atom stereocenters. The minimum Gasteiger partial charge on any atom is -0.490 e. The number of aromatic nitrogens is 2. The molecule has 4 rings (SSSR count). The van der Waals surface area contributed by atoms with Gasteiger partial charge in [0, 0.05) is 33.7 Å². The zero-order chi connectivity index (χ0) is 26.4. The summed E-state index contributed by atoms with van der Waals surface area (Å²) in [6.07, 6.45) is 2.42. The van der Waals surface area contributed by atoms with E-state index in [-0.39, 0.29) is 17.7 Å². The summed E-state index contributed by atoms with van der Waals surface area (Å²) in [5.41, 5.74) is 0.895. The zero-order valence-electron chi connectivity index (χ0n) is 21.0. The van der Waals surface area contributed by atoms with Gasteiger partial charge in [-0.15, -0.1) is 0 Å². The molecule has 3 heterocycles. The number of ether oxygens (including phenoxy) is 4. The fourth-order valence-corrected chi connectivity index (χ4v) is 4.81. The highest BCUT2D eigenvalue weighted by molar-refractivity contribution is 9.10. The molecule has 0 N–H and O–H groups in total. The van der Waals surface area contributed by atoms with E-state index < -0.39 is 29.2 Å². The van der Waals surface area contributed by atoms with Crippen LogP contribution < -0.4 is 4.74 Å². The lowest BCUT2D eigenvalue weighted by Crippen LogP contribution is -2.26. The van der Waals surface area contributed by atoms with Crippen LogP contribution in [0.5, 0.6) is 5.75 Å². The van der Waals surface area contributed by atoms with Gasteiger partial charge in [-0.3, -0.25) is 0 Å². The van der Waals surface area contributed by atoms with Gasteiger partial charge >= 0.3 is 6.09 Å². The number of nitrogens with zero attached hydrogens (tertiary/aromatic N) is 2. The highest BCUT2D eigenvalue weighted by atomic mass is 79.9. The molecule has 1 fully saturated rings. The van der Waals surface area contributed by atoms with Gasteiger partial charge in [0.2, 0.25) is 0 Å². The normalized spacial score (nSPS) is 18.4. The number of fused-ring (bicyclic) bond motifs is 1. The Morgan fingerprint density at radius 2 is 2.11 bits per heavy atom. The molecule has 1 aliphatic heterocycles. The van der Waals surface area contributed by atoms with Crippen LogP contribution in [0.15, 0.2) is 35.1 Å². The van der Waals surface area contributed by atoms with Crippen molar-refractivity contribution in [2.75, 3.05) is 13.2 Å². The minimum absolute atomic E-state index is 0.0509. The minimum atomic E-state index is -0.692. The molecule has 0 spiro atoms. The van der Waals surface area contributed by atoms with Crippen LogP contribution in [0, 0.1) is 5.82 Å². The maximum atomic E-state index is 14.6. The van der Waals surface area contributed by atoms with E-state index in [1.165, 1.54) is 10.6 Å². The van der Waals surface area contributed by atoms with Crippen LogP contribution in [0.3, 0.4) is 0 Å². The smallest absolute Gasteiger partial charge is 0.420 e. The van der Waals surface area contributed by atoms with E-state index in [2.05, 4.69) is 20.9 Å². The molecule has 0 radical (unpaired) electrons. The summed E-state index contributed by atoms with van der Waals surface area (Å²) in [7, 11) is 0. The molecule has 0 amide bonds. The molecule has 2 aromatic heterocycles. The fourth-order valence-electron chi connectivity index (χ4n) is 4.16. The third-order valence-electron chi connectivity index (χ3n) is 5.72. The molecule has 1 aromatic carbocycles. The van der Waals surface area contributed by atoms with Crippen LogP contribution in [0.2, 0.25) is 5.02 Å². The van der Waals surface area contributed by atoms with Crippen molar-refractivity contribution >= 4 is 44.7 Å². The van der Waals surface area contributed by atoms with Crippen LogP contribution >= 0.6 is 27.5 Å². The van der Waals surface area contributed by atoms with Gasteiger partial charge in [0.05, 0.1) is 11.6 Å². The molecule has 0 saturated carbocycles. The third kappa shape index (κ3) is 5.69. The van der Waals surface area contributed by atoms with Crippen molar-refractivity contribution < 1.29 is 28.1 Å². The summed E-state index contributed by atoms with van der Waals surface area (Å²) in [6.45, 7) is 11.5. The molecule has 1 aliphatic rings. The standard InChI is InChI=1S/C26H29BrClFN2O5/c1-14(18-11-31(24(32)36-25(2,3)4)23-17(18)9-15(27)10-30-23)21-20(8-7-19(29)22(21)28)33-12-16-13-34-26(5,6)35-16/h7-11,14,16H,12-13H2,1-6H3/t14-,16-/m0/s1. The highest BCUT2D eigenvalue weighted by Gasteiger charge is 2.34. The lowest BCUT2D eigenvalue weighted by molar-refractivity contribution is -0.141. The Kier molecular flexibility index (Phi) is 7.41. The first-order valence-corrected chi connectivity index (χ1v) is 12.7. The monoisotopic (exact) mass is 582 g/mol. The summed E-state index contributed by atoms with van der Waals surface area (Å²) in [4.78, 5) is 17.4. The van der Waals surface area contributed by atoms with Crippen molar-refractivity contribution in [3.05, 3.63) is 57.0 Å². The van der Waals surface area contributed by atoms with Gasteiger partial charge in [-0.2, -0.15) is 0 Å². The largest absolute Gasteiger partial charge is 0.490 e. The lowest BCUT2D eigenvalue weighted by Gasteiger charge is -2.21. The molecule has 194 valence electrons. The van der Waals surface area contributed by atoms with Gasteiger partial charge in [0.1, 0.15) is 35.5 Å². The first-order chi connectivity index (χ1) is 16.8. The number of hydrogen-bond acceptors (Lipinski definition) is 6. The van der Waals surface area contributed by atoms with E-state index >= 15 is 0 Å². The second-order valence-electron chi connectivity index (χ2n) is 10.2. The van der Waals surface area contributed by atoms with E-state index in [0.29, 0.717) is 34.5 Å². The number of rotatable bonds is 5. The van der Waals surface area contributed by atoms with Gasteiger partial charge in [-0.1, -0.05) is 18.5 Å². The first kappa shape index (κ1) is 26.9. The molecule has 10 heteroatoms. The number of carbonyl (C=O) groups is 1. The van der Waals surface area contributed by atoms with E-state index in [9.17, 15) is 9.18 Å². The highest BCUT2D eigenvalue weighted by Crippen LogP contribution is 2.41. The van der Waals surface area contributed by atoms with Gasteiger partial charge in [-0.25, -0.2) is 18.7 Å². The Labute approximate surface area is 222 Å². The number of hydrogen-bond donors (Lipinski definition) is 0. The molecule has 0 bridgehead atoms. The quantitative estimate of drug-likeness (QED) is 0.320. The van der Waals surface area contributed by atoms with Gasteiger partial charge in [0.25, 0.3) is 0 Å². The van der Waals surface area contributed by atoms with Crippen LogP contribution in [0.4, 0.5) is 9.18 Å². The Balaban J connectivity index is 1.74. The van der Waals surface area contributed by atoms with Gasteiger partial charge in [-0.05, 0) is 74.3 Å². The average molecular weight is 584 g/mol. The van der Waals surface area contributed by atoms with Gasteiger partial charge < -0.3 is 18.9 Å². The third-order valence-corrected chi connectivity index (χ3v) is 6.53. The molecule has 0 aliphatic carbocycles. The molecule has 36 heavy (non-hydrogen) atoms. The number of pyridine rings is 1. The maximum absolute atomic E-state index is 14.6. The van der Waals surface area contributed by atoms with Gasteiger partial charge in [0.15, 0.2) is 5.79 Å². The Morgan fingerprint density at radius 3 is 2.75 bits per heavy atom. The zero-order valence-corrected chi connectivity index (χ0v) is 23.4. The van der Waals surface area contributed by atoms with E-state index in [1.807, 2.05) is 26.8 Å². The van der Waals surface area contributed by atoms with Crippen molar-refractivity contribution in [3.8, 4) is 5.75 Å². The summed E-state index contributed by atoms with van der Waals surface area (Å²) < 4.78 is 39.8. The van der Waals surface area contributed by atoms with Crippen LogP contribution in [0.25, 0.3) is 11.0 Å². The lowest BCUT2D eigenvalue weighted by atomic mass is 9.92. The SMILES string of the molecule is C[C@H](c1c(OC[C@H]2COC(C)(C)O2)ccc(F)c1Cl)c1cn(C(=O)OC(C)(C)C)c2ncc(Br)cc12. The van der Waals surface area contributed by atoms with Crippen molar-refractivity contribution in [2.24, 2.45) is 0 Å². The van der Waals surface area contributed by atoms with Crippen LogP contribution in [-0.2, 0) is 14.2 Å². The van der Waals surface area contributed by atoms with Crippen molar-refractivity contribution in [1.82, 2.24) is 9.55 Å². The van der Waals surface area contributed by atoms with Crippen molar-refractivity contribution in [1.29, 1.82) is 0 Å². The molecule has 3 aromatic rings. The van der Waals surface area contributed by atoms with E-state index in [4.69, 9.17) is 30.5 Å². The van der Waals surface area contributed by atoms with E-state index in [0.717, 1.165) is 4.47 Å². The molecular formula is C26H29BrClFN2O5. The molecular weight excluding hydrogens is 555 g/mol. The number of halogens is 3. The topological polar surface area (TPSA) is 71.8 Å². The second kappa shape index (κ2) is 9.93. The fraction of sp³-hybridized carbons (Fsp3) is 0.462. The predicted molar refractivity (Wildman–Crippen MR) is 138 cm³/mol. The Hall–Kier alpha value is -2.20. The van der Waals surface area contributed by atoms with Crippen molar-refractivity contribution in [3.63, 3.8) is 0 Å². The second-order valence-corrected chi connectivity index (χ2v) is 11.5. The average Bonchev–Trinajstić information content (AvgIpc) is 3.32. The predicted octanol–water partition coefficient (Wildman–Crippen LogP) is 7.06. The summed E-state index contributed by atoms with van der Waals surface area (Å²) in [6, 6.07) is 4.68. The van der Waals surface area contributed by atoms with Crippen LogP contribution in [0.1, 0.15) is 58.6 Å². The Morgan fingerprint density at radius 1 is 1.39 bits per heavy atom. The molecule has 1 saturated heterocycles. The summed E-state index contributed by atoms with van der Waals surface area (Å²) in [5, 5.41) is 0.647. The van der Waals surface area contributed by atoms with E-state index in [1.54, 1.807) is 39.2 Å². The summed E-state index contributed by atoms with van der Waals surface area (Å²) in [5.74, 6) is -1.29. The van der Waals surface area contributed by atoms with Crippen LogP contribution in [-0.4, -0.2) is 46.4 Å².